The van der Waals surface area contributed by atoms with Crippen molar-refractivity contribution >= 4 is 32.7 Å². The fourth-order valence-corrected chi connectivity index (χ4v) is 6.01. The number of anilines is 1. The molecule has 234 valence electrons. The monoisotopic (exact) mass is 635 g/mol. The number of hydrogen-bond acceptors (Lipinski definition) is 6. The van der Waals surface area contributed by atoms with Crippen LogP contribution in [0.1, 0.15) is 22.9 Å². The predicted molar refractivity (Wildman–Crippen MR) is 167 cm³/mol. The first-order chi connectivity index (χ1) is 21.7. The number of rotatable bonds is 13. The van der Waals surface area contributed by atoms with Gasteiger partial charge in [0.05, 0.1) is 32.6 Å². The molecule has 0 aliphatic rings. The second-order valence-electron chi connectivity index (χ2n) is 10.1. The van der Waals surface area contributed by atoms with Crippen molar-refractivity contribution in [2.24, 2.45) is 0 Å². The van der Waals surface area contributed by atoms with E-state index >= 15 is 0 Å². The van der Waals surface area contributed by atoms with Crippen molar-refractivity contribution in [3.63, 3.8) is 0 Å². The Labute approximate surface area is 259 Å². The first-order valence-corrected chi connectivity index (χ1v) is 15.6. The van der Waals surface area contributed by atoms with Crippen LogP contribution in [0.5, 0.6) is 5.75 Å². The van der Waals surface area contributed by atoms with E-state index < -0.39 is 33.1 Å². The Kier molecular flexibility index (Phi) is 9.95. The summed E-state index contributed by atoms with van der Waals surface area (Å²) in [6, 6.07) is 26.3. The molecular formula is C33H31F2N3O6S. The van der Waals surface area contributed by atoms with Gasteiger partial charge in [-0.15, -0.1) is 0 Å². The molecule has 1 unspecified atom stereocenters. The Morgan fingerprint density at radius 1 is 0.889 bits per heavy atom. The van der Waals surface area contributed by atoms with Crippen molar-refractivity contribution < 1.29 is 36.2 Å². The van der Waals surface area contributed by atoms with Gasteiger partial charge in [-0.05, 0) is 41.5 Å². The summed E-state index contributed by atoms with van der Waals surface area (Å²) in [6.07, 6.45) is -0.506. The number of carbonyl (C=O) groups is 1. The SMILES string of the molecule is COc1ccc(-c2cc3cc(F)c(F)cc3[nH]2)cc1NS(=O)(=O)C(NC(=O)OCCCOCc1ccccc1)c1ccccc1. The maximum atomic E-state index is 13.8. The second-order valence-corrected chi connectivity index (χ2v) is 11.8. The van der Waals surface area contributed by atoms with Crippen LogP contribution in [-0.2, 0) is 26.1 Å². The van der Waals surface area contributed by atoms with Gasteiger partial charge in [-0.1, -0.05) is 60.7 Å². The van der Waals surface area contributed by atoms with Crippen LogP contribution in [0, 0.1) is 11.6 Å². The molecule has 0 aliphatic carbocycles. The highest BCUT2D eigenvalue weighted by Gasteiger charge is 2.30. The van der Waals surface area contributed by atoms with E-state index in [2.05, 4.69) is 15.0 Å². The van der Waals surface area contributed by atoms with Gasteiger partial charge in [0.25, 0.3) is 10.0 Å². The fraction of sp³-hybridized carbons (Fsp3) is 0.182. The van der Waals surface area contributed by atoms with Gasteiger partial charge in [0, 0.05) is 34.6 Å². The van der Waals surface area contributed by atoms with E-state index in [1.165, 1.54) is 13.2 Å². The topological polar surface area (TPSA) is 119 Å². The molecule has 1 amide bonds. The minimum absolute atomic E-state index is 0.0176. The third-order valence-corrected chi connectivity index (χ3v) is 8.38. The molecule has 0 saturated heterocycles. The molecule has 0 bridgehead atoms. The first-order valence-electron chi connectivity index (χ1n) is 14.0. The standard InChI is InChI=1S/C33H31F2N3O6S/c1-42-31-14-13-24(28-19-25-17-26(34)27(35)20-29(25)36-28)18-30(31)38-45(40,41)32(23-11-6-3-7-12-23)37-33(39)44-16-8-15-43-21-22-9-4-2-5-10-22/h2-7,9-14,17-20,32,36,38H,8,15-16,21H2,1H3,(H,37,39). The number of carbonyl (C=O) groups excluding carboxylic acids is 1. The molecule has 4 aromatic carbocycles. The number of aromatic amines is 1. The van der Waals surface area contributed by atoms with Crippen LogP contribution in [0.25, 0.3) is 22.2 Å². The van der Waals surface area contributed by atoms with E-state index in [9.17, 15) is 22.0 Å². The van der Waals surface area contributed by atoms with Crippen LogP contribution in [0.3, 0.4) is 0 Å². The first kappa shape index (κ1) is 31.5. The largest absolute Gasteiger partial charge is 0.495 e. The molecule has 0 saturated carbocycles. The number of aromatic nitrogens is 1. The highest BCUT2D eigenvalue weighted by atomic mass is 32.2. The van der Waals surface area contributed by atoms with E-state index in [4.69, 9.17) is 14.2 Å². The molecular weight excluding hydrogens is 604 g/mol. The number of H-pyrrole nitrogens is 1. The fourth-order valence-electron chi connectivity index (χ4n) is 4.66. The van der Waals surface area contributed by atoms with Gasteiger partial charge in [0.15, 0.2) is 17.0 Å². The van der Waals surface area contributed by atoms with Gasteiger partial charge in [0.1, 0.15) is 5.75 Å². The molecule has 0 spiro atoms. The molecule has 12 heteroatoms. The Morgan fingerprint density at radius 3 is 2.33 bits per heavy atom. The molecule has 5 rings (SSSR count). The smallest absolute Gasteiger partial charge is 0.408 e. The summed E-state index contributed by atoms with van der Waals surface area (Å²) in [5.74, 6) is -1.76. The minimum atomic E-state index is -4.34. The molecule has 0 aliphatic heterocycles. The molecule has 1 aromatic heterocycles. The number of alkyl carbamates (subject to hydrolysis) is 1. The van der Waals surface area contributed by atoms with E-state index in [0.29, 0.717) is 47.4 Å². The lowest BCUT2D eigenvalue weighted by molar-refractivity contribution is 0.0919. The maximum Gasteiger partial charge on any atom is 0.408 e. The third-order valence-electron chi connectivity index (χ3n) is 6.86. The molecule has 9 nitrogen and oxygen atoms in total. The average Bonchev–Trinajstić information content (AvgIpc) is 3.45. The van der Waals surface area contributed by atoms with Gasteiger partial charge >= 0.3 is 6.09 Å². The summed E-state index contributed by atoms with van der Waals surface area (Å²) in [7, 11) is -2.95. The van der Waals surface area contributed by atoms with Gasteiger partial charge in [-0.3, -0.25) is 10.0 Å². The zero-order chi connectivity index (χ0) is 31.8. The van der Waals surface area contributed by atoms with Gasteiger partial charge < -0.3 is 19.2 Å². The normalized spacial score (nSPS) is 12.1. The Bertz CT molecular complexity index is 1830. The number of methoxy groups -OCH3 is 1. The van der Waals surface area contributed by atoms with Crippen LogP contribution in [0.15, 0.2) is 97.1 Å². The molecule has 0 fully saturated rings. The van der Waals surface area contributed by atoms with Gasteiger partial charge in [0.2, 0.25) is 0 Å². The van der Waals surface area contributed by atoms with E-state index in [1.54, 1.807) is 48.5 Å². The van der Waals surface area contributed by atoms with E-state index in [1.807, 2.05) is 30.3 Å². The van der Waals surface area contributed by atoms with Crippen LogP contribution >= 0.6 is 0 Å². The van der Waals surface area contributed by atoms with Crippen molar-refractivity contribution in [2.75, 3.05) is 25.0 Å². The average molecular weight is 636 g/mol. The van der Waals surface area contributed by atoms with Crippen molar-refractivity contribution in [2.45, 2.75) is 18.4 Å². The summed E-state index contributed by atoms with van der Waals surface area (Å²) < 4.78 is 73.8. The molecule has 3 N–H and O–H groups in total. The van der Waals surface area contributed by atoms with E-state index in [-0.39, 0.29) is 18.0 Å². The van der Waals surface area contributed by atoms with Gasteiger partial charge in [-0.2, -0.15) is 0 Å². The Morgan fingerprint density at radius 2 is 1.60 bits per heavy atom. The van der Waals surface area contributed by atoms with Crippen LogP contribution in [-0.4, -0.2) is 39.8 Å². The van der Waals surface area contributed by atoms with Gasteiger partial charge in [-0.25, -0.2) is 22.0 Å². The summed E-state index contributed by atoms with van der Waals surface area (Å²) in [6.45, 7) is 0.791. The number of benzene rings is 4. The molecule has 1 heterocycles. The number of hydrogen-bond donors (Lipinski definition) is 3. The van der Waals surface area contributed by atoms with Crippen molar-refractivity contribution in [3.05, 3.63) is 120 Å². The molecule has 1 atom stereocenters. The number of halogens is 2. The third kappa shape index (κ3) is 7.97. The van der Waals surface area contributed by atoms with Crippen molar-refractivity contribution in [1.82, 2.24) is 10.3 Å². The lowest BCUT2D eigenvalue weighted by atomic mass is 10.1. The van der Waals surface area contributed by atoms with Crippen molar-refractivity contribution in [3.8, 4) is 17.0 Å². The number of ether oxygens (including phenoxy) is 3. The maximum absolute atomic E-state index is 13.8. The summed E-state index contributed by atoms with van der Waals surface area (Å²) in [4.78, 5) is 15.7. The number of amides is 1. The van der Waals surface area contributed by atoms with Crippen LogP contribution in [0.2, 0.25) is 0 Å². The zero-order valence-electron chi connectivity index (χ0n) is 24.3. The molecule has 45 heavy (non-hydrogen) atoms. The minimum Gasteiger partial charge on any atom is -0.495 e. The number of sulfonamides is 1. The molecule has 0 radical (unpaired) electrons. The lowest BCUT2D eigenvalue weighted by Crippen LogP contribution is -2.37. The number of fused-ring (bicyclic) bond motifs is 1. The summed E-state index contributed by atoms with van der Waals surface area (Å²) >= 11 is 0. The second kappa shape index (κ2) is 14.2. The Hall–Kier alpha value is -4.94. The van der Waals surface area contributed by atoms with E-state index in [0.717, 1.165) is 17.7 Å². The highest BCUT2D eigenvalue weighted by Crippen LogP contribution is 2.34. The van der Waals surface area contributed by atoms with Crippen molar-refractivity contribution in [1.29, 1.82) is 0 Å². The lowest BCUT2D eigenvalue weighted by Gasteiger charge is -2.21. The predicted octanol–water partition coefficient (Wildman–Crippen LogP) is 6.90. The summed E-state index contributed by atoms with van der Waals surface area (Å²) in [5.41, 5.74) is 2.78. The van der Waals surface area contributed by atoms with Crippen LogP contribution in [0.4, 0.5) is 19.3 Å². The number of nitrogens with one attached hydrogen (secondary N) is 3. The molecule has 5 aromatic rings. The van der Waals surface area contributed by atoms with Crippen LogP contribution < -0.4 is 14.8 Å². The highest BCUT2D eigenvalue weighted by molar-refractivity contribution is 7.92. The zero-order valence-corrected chi connectivity index (χ0v) is 25.1. The summed E-state index contributed by atoms with van der Waals surface area (Å²) in [5, 5.41) is 1.37. The quantitative estimate of drug-likeness (QED) is 0.121. The Balaban J connectivity index is 1.29.